The molecule has 2 aliphatic rings. The number of carbonyl (C=O) groups is 3. The number of non-ortho nitro benzene ring substituents is 1. The molecule has 4 aromatic rings. The van der Waals surface area contributed by atoms with Crippen LogP contribution in [0.2, 0.25) is 0 Å². The van der Waals surface area contributed by atoms with Crippen LogP contribution < -0.4 is 19.8 Å². The molecule has 2 N–H and O–H groups in total. The van der Waals surface area contributed by atoms with Crippen molar-refractivity contribution in [2.24, 2.45) is 5.92 Å². The Hall–Kier alpha value is -4.27. The number of hydrogen-bond acceptors (Lipinski definition) is 9. The van der Waals surface area contributed by atoms with Gasteiger partial charge in [0.15, 0.2) is 6.61 Å². The van der Waals surface area contributed by atoms with Crippen molar-refractivity contribution in [2.45, 2.75) is 23.1 Å². The third kappa shape index (κ3) is 5.48. The van der Waals surface area contributed by atoms with Gasteiger partial charge in [0.25, 0.3) is 11.6 Å². The van der Waals surface area contributed by atoms with E-state index >= 15 is 0 Å². The van der Waals surface area contributed by atoms with Gasteiger partial charge in [-0.25, -0.2) is 4.90 Å². The van der Waals surface area contributed by atoms with E-state index in [1.807, 2.05) is 19.1 Å². The van der Waals surface area contributed by atoms with Crippen LogP contribution in [-0.2, 0) is 14.4 Å². The molecule has 0 saturated carbocycles. The summed E-state index contributed by atoms with van der Waals surface area (Å²) in [6.07, 6.45) is 0. The fourth-order valence-electron chi connectivity index (χ4n) is 5.20. The Morgan fingerprint density at radius 1 is 1.07 bits per heavy atom. The van der Waals surface area contributed by atoms with Crippen LogP contribution in [-0.4, -0.2) is 39.5 Å². The molecule has 3 aromatic carbocycles. The van der Waals surface area contributed by atoms with Crippen LogP contribution >= 0.6 is 39.0 Å². The van der Waals surface area contributed by atoms with Crippen molar-refractivity contribution in [1.82, 2.24) is 4.98 Å². The Morgan fingerprint density at radius 2 is 1.79 bits per heavy atom. The number of imide groups is 1. The molecule has 1 aromatic heterocycles. The number of halogens is 1. The third-order valence-electron chi connectivity index (χ3n) is 7.14. The number of thiazole rings is 1. The number of anilines is 2. The number of amides is 3. The number of aromatic amines is 1. The van der Waals surface area contributed by atoms with Crippen LogP contribution in [0.4, 0.5) is 17.1 Å². The number of carbonyl (C=O) groups excluding carboxylic acids is 3. The highest BCUT2D eigenvalue weighted by Gasteiger charge is 2.57. The number of fused-ring (bicyclic) bond motifs is 2. The predicted molar refractivity (Wildman–Crippen MR) is 165 cm³/mol. The Bertz CT molecular complexity index is 1840. The summed E-state index contributed by atoms with van der Waals surface area (Å²) in [6, 6.07) is 17.7. The molecular formula is C29H21BrN4O7S2. The van der Waals surface area contributed by atoms with E-state index in [4.69, 9.17) is 4.74 Å². The number of aromatic nitrogens is 1. The first-order chi connectivity index (χ1) is 20.6. The number of nitrogens with one attached hydrogen (secondary N) is 2. The molecule has 0 radical (unpaired) electrons. The second kappa shape index (κ2) is 11.4. The largest absolute Gasteiger partial charge is 0.483 e. The molecule has 14 heteroatoms. The standard InChI is InChI=1S/C29H21BrN4O7S2/c1-14-2-5-16(6-3-14)31-21(35)13-41-20-11-4-15(30)12-19(20)22-23-25(42-26-24(22)43-29(38)32-26)28(37)33(27(23)36)17-7-9-18(10-8-17)34(39)40/h2-12,22-23,25H,13H2,1H3,(H,31,35)(H,32,38)/t22-,23-,25+/m0/s1. The van der Waals surface area contributed by atoms with E-state index in [1.165, 1.54) is 24.3 Å². The van der Waals surface area contributed by atoms with Crippen molar-refractivity contribution in [3.8, 4) is 5.75 Å². The van der Waals surface area contributed by atoms with E-state index in [-0.39, 0.29) is 22.9 Å². The zero-order chi connectivity index (χ0) is 30.4. The van der Waals surface area contributed by atoms with Crippen molar-refractivity contribution in [1.29, 1.82) is 0 Å². The van der Waals surface area contributed by atoms with Crippen molar-refractivity contribution in [2.75, 3.05) is 16.8 Å². The maximum absolute atomic E-state index is 14.0. The van der Waals surface area contributed by atoms with Crippen LogP contribution in [0.15, 0.2) is 81.0 Å². The zero-order valence-electron chi connectivity index (χ0n) is 22.2. The second-order valence-corrected chi connectivity index (χ2v) is 13.0. The van der Waals surface area contributed by atoms with E-state index in [2.05, 4.69) is 26.2 Å². The molecule has 43 heavy (non-hydrogen) atoms. The number of nitro groups is 1. The first-order valence-electron chi connectivity index (χ1n) is 12.9. The minimum absolute atomic E-state index is 0.172. The molecule has 0 spiro atoms. The number of benzene rings is 3. The Balaban J connectivity index is 1.35. The van der Waals surface area contributed by atoms with Gasteiger partial charge >= 0.3 is 4.87 Å². The summed E-state index contributed by atoms with van der Waals surface area (Å²) in [7, 11) is 0. The zero-order valence-corrected chi connectivity index (χ0v) is 25.5. The van der Waals surface area contributed by atoms with E-state index in [9.17, 15) is 29.3 Å². The summed E-state index contributed by atoms with van der Waals surface area (Å²) in [6.45, 7) is 1.62. The SMILES string of the molecule is Cc1ccc(NC(=O)COc2ccc(Br)cc2[C@@H]2c3sc(=O)[nH]c3S[C@H]3C(=O)N(c4ccc([N+](=O)[O-])cc4)C(=O)[C@@H]23)cc1. The normalized spacial score (nSPS) is 19.1. The first-order valence-corrected chi connectivity index (χ1v) is 15.4. The molecule has 3 atom stereocenters. The Morgan fingerprint density at radius 3 is 2.49 bits per heavy atom. The number of aryl methyl sites for hydroxylation is 1. The molecule has 3 heterocycles. The number of ether oxygens (including phenoxy) is 1. The Labute approximate surface area is 260 Å². The van der Waals surface area contributed by atoms with E-state index in [0.29, 0.717) is 31.4 Å². The molecule has 0 aliphatic carbocycles. The molecule has 11 nitrogen and oxygen atoms in total. The lowest BCUT2D eigenvalue weighted by molar-refractivity contribution is -0.384. The van der Waals surface area contributed by atoms with E-state index in [0.717, 1.165) is 33.6 Å². The van der Waals surface area contributed by atoms with Gasteiger partial charge in [-0.3, -0.25) is 29.3 Å². The summed E-state index contributed by atoms with van der Waals surface area (Å²) >= 11 is 5.55. The quantitative estimate of drug-likeness (QED) is 0.153. The highest BCUT2D eigenvalue weighted by atomic mass is 79.9. The smallest absolute Gasteiger partial charge is 0.305 e. The van der Waals surface area contributed by atoms with Crippen LogP contribution in [0.1, 0.15) is 21.9 Å². The molecule has 2 aliphatic heterocycles. The molecule has 1 fully saturated rings. The van der Waals surface area contributed by atoms with E-state index < -0.39 is 39.7 Å². The molecule has 218 valence electrons. The summed E-state index contributed by atoms with van der Waals surface area (Å²) < 4.78 is 6.65. The average Bonchev–Trinajstić information content (AvgIpc) is 3.47. The van der Waals surface area contributed by atoms with E-state index in [1.54, 1.807) is 30.3 Å². The van der Waals surface area contributed by atoms with Gasteiger partial charge in [-0.1, -0.05) is 56.7 Å². The van der Waals surface area contributed by atoms with Crippen molar-refractivity contribution in [3.05, 3.63) is 107 Å². The van der Waals surface area contributed by atoms with Crippen molar-refractivity contribution in [3.63, 3.8) is 0 Å². The number of nitrogens with zero attached hydrogens (tertiary/aromatic N) is 2. The van der Waals surface area contributed by atoms with Crippen LogP contribution in [0, 0.1) is 23.0 Å². The monoisotopic (exact) mass is 680 g/mol. The average molecular weight is 682 g/mol. The summed E-state index contributed by atoms with van der Waals surface area (Å²) in [5.74, 6) is -2.73. The van der Waals surface area contributed by atoms with Crippen LogP contribution in [0.25, 0.3) is 0 Å². The molecule has 3 amide bonds. The maximum atomic E-state index is 14.0. The topological polar surface area (TPSA) is 152 Å². The number of rotatable bonds is 7. The molecule has 0 bridgehead atoms. The molecule has 0 unspecified atom stereocenters. The molecular weight excluding hydrogens is 660 g/mol. The number of thioether (sulfide) groups is 1. The van der Waals surface area contributed by atoms with Crippen molar-refractivity contribution < 1.29 is 24.0 Å². The lowest BCUT2D eigenvalue weighted by atomic mass is 9.82. The predicted octanol–water partition coefficient (Wildman–Crippen LogP) is 5.23. The lowest BCUT2D eigenvalue weighted by Crippen LogP contribution is -2.32. The third-order valence-corrected chi connectivity index (χ3v) is 10.0. The van der Waals surface area contributed by atoms with Gasteiger partial charge < -0.3 is 15.0 Å². The van der Waals surface area contributed by atoms with Crippen molar-refractivity contribution >= 4 is 73.8 Å². The first kappa shape index (κ1) is 28.8. The fraction of sp³-hybridized carbons (Fsp3) is 0.172. The van der Waals surface area contributed by atoms with Gasteiger partial charge in [0.2, 0.25) is 11.8 Å². The highest BCUT2D eigenvalue weighted by molar-refractivity contribution is 9.10. The lowest BCUT2D eigenvalue weighted by Gasteiger charge is -2.31. The minimum Gasteiger partial charge on any atom is -0.483 e. The number of H-pyrrole nitrogens is 1. The Kier molecular flexibility index (Phi) is 7.66. The van der Waals surface area contributed by atoms with Gasteiger partial charge in [0, 0.05) is 38.7 Å². The molecule has 6 rings (SSSR count). The fourth-order valence-corrected chi connectivity index (χ4v) is 8.09. The summed E-state index contributed by atoms with van der Waals surface area (Å²) in [5, 5.41) is 13.5. The minimum atomic E-state index is -0.912. The van der Waals surface area contributed by atoms with Gasteiger partial charge in [-0.2, -0.15) is 0 Å². The van der Waals surface area contributed by atoms with Gasteiger partial charge in [0.05, 0.1) is 21.6 Å². The number of nitro benzene ring substituents is 1. The van der Waals surface area contributed by atoms with Gasteiger partial charge in [0.1, 0.15) is 11.0 Å². The van der Waals surface area contributed by atoms with Gasteiger partial charge in [-0.05, 0) is 49.4 Å². The number of hydrogen-bond donors (Lipinski definition) is 2. The molecule has 1 saturated heterocycles. The van der Waals surface area contributed by atoms with Gasteiger partial charge in [-0.15, -0.1) is 0 Å². The van der Waals surface area contributed by atoms with Crippen LogP contribution in [0.5, 0.6) is 5.75 Å². The highest BCUT2D eigenvalue weighted by Crippen LogP contribution is 2.54. The summed E-state index contributed by atoms with van der Waals surface area (Å²) in [5.41, 5.74) is 2.23. The summed E-state index contributed by atoms with van der Waals surface area (Å²) in [4.78, 5) is 67.6. The van der Waals surface area contributed by atoms with Crippen LogP contribution in [0.3, 0.4) is 0 Å². The second-order valence-electron chi connectivity index (χ2n) is 9.92. The maximum Gasteiger partial charge on any atom is 0.305 e.